The highest BCUT2D eigenvalue weighted by Gasteiger charge is 2.41. The molecule has 0 aromatic carbocycles. The first-order valence-electron chi connectivity index (χ1n) is 8.42. The molecule has 0 spiro atoms. The maximum atomic E-state index is 6.08. The van der Waals surface area contributed by atoms with E-state index in [2.05, 4.69) is 32.6 Å². The van der Waals surface area contributed by atoms with Crippen molar-refractivity contribution in [1.82, 2.24) is 4.90 Å². The summed E-state index contributed by atoms with van der Waals surface area (Å²) in [7, 11) is 0. The molecule has 0 aromatic rings. The summed E-state index contributed by atoms with van der Waals surface area (Å²) in [6.45, 7) is 10.6. The minimum Gasteiger partial charge on any atom is -0.329 e. The van der Waals surface area contributed by atoms with Crippen molar-refractivity contribution in [3.8, 4) is 0 Å². The average Bonchev–Trinajstić information content (AvgIpc) is 2.37. The van der Waals surface area contributed by atoms with Crippen molar-refractivity contribution in [2.75, 3.05) is 6.54 Å². The Labute approximate surface area is 120 Å². The van der Waals surface area contributed by atoms with Crippen molar-refractivity contribution in [2.24, 2.45) is 17.1 Å². The van der Waals surface area contributed by atoms with E-state index < -0.39 is 0 Å². The van der Waals surface area contributed by atoms with Crippen molar-refractivity contribution in [1.29, 1.82) is 0 Å². The summed E-state index contributed by atoms with van der Waals surface area (Å²) in [5.74, 6) is 0.843. The molecule has 2 rings (SSSR count). The van der Waals surface area contributed by atoms with Gasteiger partial charge in [-0.3, -0.25) is 4.90 Å². The first-order chi connectivity index (χ1) is 8.95. The Bertz CT molecular complexity index is 281. The largest absolute Gasteiger partial charge is 0.329 e. The molecule has 1 aliphatic carbocycles. The molecular formula is C17H34N2. The highest BCUT2D eigenvalue weighted by molar-refractivity contribution is 4.95. The Balaban J connectivity index is 2.19. The fourth-order valence-electron chi connectivity index (χ4n) is 4.62. The maximum absolute atomic E-state index is 6.08. The molecule has 0 amide bonds. The van der Waals surface area contributed by atoms with Crippen LogP contribution in [-0.2, 0) is 0 Å². The van der Waals surface area contributed by atoms with E-state index in [0.717, 1.165) is 24.5 Å². The van der Waals surface area contributed by atoms with Crippen LogP contribution in [0.3, 0.4) is 0 Å². The molecule has 1 heterocycles. The Morgan fingerprint density at radius 1 is 1.00 bits per heavy atom. The second kappa shape index (κ2) is 6.13. The molecule has 0 bridgehead atoms. The molecule has 1 saturated heterocycles. The van der Waals surface area contributed by atoms with E-state index in [1.54, 1.807) is 0 Å². The number of piperidine rings is 1. The lowest BCUT2D eigenvalue weighted by molar-refractivity contribution is -0.0263. The van der Waals surface area contributed by atoms with Gasteiger partial charge in [0.15, 0.2) is 0 Å². The molecule has 0 radical (unpaired) electrons. The van der Waals surface area contributed by atoms with Gasteiger partial charge in [0.05, 0.1) is 0 Å². The van der Waals surface area contributed by atoms with Gasteiger partial charge in [0.1, 0.15) is 0 Å². The standard InChI is InChI=1S/C17H34N2/c1-13-8-7-9-14(12-18)19(13)16-11-6-5-10-15(16)17(2,3)4/h13-16H,5-12,18H2,1-4H3. The molecule has 4 unspecified atom stereocenters. The van der Waals surface area contributed by atoms with E-state index in [9.17, 15) is 0 Å². The van der Waals surface area contributed by atoms with Crippen LogP contribution in [0.15, 0.2) is 0 Å². The first-order valence-corrected chi connectivity index (χ1v) is 8.42. The Morgan fingerprint density at radius 3 is 2.32 bits per heavy atom. The summed E-state index contributed by atoms with van der Waals surface area (Å²) in [5.41, 5.74) is 6.51. The molecule has 1 saturated carbocycles. The zero-order valence-electron chi connectivity index (χ0n) is 13.5. The maximum Gasteiger partial charge on any atom is 0.0224 e. The minimum absolute atomic E-state index is 0.432. The number of hydrogen-bond acceptors (Lipinski definition) is 2. The van der Waals surface area contributed by atoms with Gasteiger partial charge in [0, 0.05) is 24.7 Å². The Kier molecular flexibility index (Phi) is 4.94. The van der Waals surface area contributed by atoms with Crippen LogP contribution in [0.25, 0.3) is 0 Å². The molecule has 2 nitrogen and oxygen atoms in total. The second-order valence-electron chi connectivity index (χ2n) is 7.94. The molecular weight excluding hydrogens is 232 g/mol. The normalized spacial score (nSPS) is 38.4. The molecule has 4 atom stereocenters. The monoisotopic (exact) mass is 266 g/mol. The van der Waals surface area contributed by atoms with Crippen LogP contribution >= 0.6 is 0 Å². The summed E-state index contributed by atoms with van der Waals surface area (Å²) in [6.07, 6.45) is 9.69. The fourth-order valence-corrected chi connectivity index (χ4v) is 4.62. The van der Waals surface area contributed by atoms with Gasteiger partial charge >= 0.3 is 0 Å². The van der Waals surface area contributed by atoms with Gasteiger partial charge in [-0.2, -0.15) is 0 Å². The van der Waals surface area contributed by atoms with E-state index in [1.807, 2.05) is 0 Å². The van der Waals surface area contributed by atoms with Crippen LogP contribution in [0.2, 0.25) is 0 Å². The molecule has 0 aromatic heterocycles. The van der Waals surface area contributed by atoms with Gasteiger partial charge < -0.3 is 5.73 Å². The summed E-state index contributed by atoms with van der Waals surface area (Å²) in [6, 6.07) is 2.14. The average molecular weight is 266 g/mol. The first kappa shape index (κ1) is 15.3. The van der Waals surface area contributed by atoms with E-state index in [-0.39, 0.29) is 0 Å². The molecule has 1 aliphatic heterocycles. The molecule has 112 valence electrons. The highest BCUT2D eigenvalue weighted by atomic mass is 15.2. The Hall–Kier alpha value is -0.0800. The third-order valence-electron chi connectivity index (χ3n) is 5.59. The summed E-state index contributed by atoms with van der Waals surface area (Å²) >= 11 is 0. The van der Waals surface area contributed by atoms with Crippen LogP contribution in [-0.4, -0.2) is 29.6 Å². The number of hydrogen-bond donors (Lipinski definition) is 1. The van der Waals surface area contributed by atoms with E-state index >= 15 is 0 Å². The van der Waals surface area contributed by atoms with Crippen LogP contribution in [0.4, 0.5) is 0 Å². The summed E-state index contributed by atoms with van der Waals surface area (Å²) in [5, 5.41) is 0. The van der Waals surface area contributed by atoms with Crippen LogP contribution < -0.4 is 5.73 Å². The number of likely N-dealkylation sites (tertiary alicyclic amines) is 1. The fraction of sp³-hybridized carbons (Fsp3) is 1.00. The highest BCUT2D eigenvalue weighted by Crippen LogP contribution is 2.43. The van der Waals surface area contributed by atoms with Crippen molar-refractivity contribution in [2.45, 2.75) is 90.8 Å². The van der Waals surface area contributed by atoms with E-state index in [0.29, 0.717) is 11.5 Å². The third kappa shape index (κ3) is 3.33. The van der Waals surface area contributed by atoms with Crippen molar-refractivity contribution in [3.63, 3.8) is 0 Å². The van der Waals surface area contributed by atoms with Crippen molar-refractivity contribution >= 4 is 0 Å². The van der Waals surface area contributed by atoms with Crippen LogP contribution in [0, 0.1) is 11.3 Å². The number of nitrogens with zero attached hydrogens (tertiary/aromatic N) is 1. The lowest BCUT2D eigenvalue weighted by atomic mass is 9.68. The SMILES string of the molecule is CC1CCCC(CN)N1C1CCCCC1C(C)(C)C. The second-order valence-corrected chi connectivity index (χ2v) is 7.94. The minimum atomic E-state index is 0.432. The summed E-state index contributed by atoms with van der Waals surface area (Å²) in [4.78, 5) is 2.83. The zero-order chi connectivity index (χ0) is 14.0. The van der Waals surface area contributed by atoms with Gasteiger partial charge in [-0.1, -0.05) is 40.0 Å². The Morgan fingerprint density at radius 2 is 1.68 bits per heavy atom. The number of nitrogens with two attached hydrogens (primary N) is 1. The molecule has 2 heteroatoms. The lowest BCUT2D eigenvalue weighted by Crippen LogP contribution is -2.58. The molecule has 2 fully saturated rings. The molecule has 19 heavy (non-hydrogen) atoms. The van der Waals surface area contributed by atoms with Crippen LogP contribution in [0.1, 0.15) is 72.6 Å². The third-order valence-corrected chi connectivity index (χ3v) is 5.59. The quantitative estimate of drug-likeness (QED) is 0.824. The zero-order valence-corrected chi connectivity index (χ0v) is 13.5. The smallest absolute Gasteiger partial charge is 0.0224 e. The van der Waals surface area contributed by atoms with Gasteiger partial charge in [-0.25, -0.2) is 0 Å². The van der Waals surface area contributed by atoms with E-state index in [1.165, 1.54) is 44.9 Å². The summed E-state index contributed by atoms with van der Waals surface area (Å²) < 4.78 is 0. The van der Waals surface area contributed by atoms with Gasteiger partial charge in [0.25, 0.3) is 0 Å². The van der Waals surface area contributed by atoms with Gasteiger partial charge in [0.2, 0.25) is 0 Å². The molecule has 2 aliphatic rings. The molecule has 2 N–H and O–H groups in total. The number of rotatable bonds is 2. The topological polar surface area (TPSA) is 29.3 Å². The van der Waals surface area contributed by atoms with Gasteiger partial charge in [-0.05, 0) is 43.9 Å². The van der Waals surface area contributed by atoms with Crippen LogP contribution in [0.5, 0.6) is 0 Å². The van der Waals surface area contributed by atoms with E-state index in [4.69, 9.17) is 5.73 Å². The lowest BCUT2D eigenvalue weighted by Gasteiger charge is -2.52. The van der Waals surface area contributed by atoms with Gasteiger partial charge in [-0.15, -0.1) is 0 Å². The predicted octanol–water partition coefficient (Wildman–Crippen LogP) is 3.79. The predicted molar refractivity (Wildman–Crippen MR) is 83.2 cm³/mol. The van der Waals surface area contributed by atoms with Crippen molar-refractivity contribution < 1.29 is 0 Å². The van der Waals surface area contributed by atoms with Crippen molar-refractivity contribution in [3.05, 3.63) is 0 Å².